The number of aliphatic hydroxyl groups is 1. The molecule has 1 atom stereocenters. The van der Waals surface area contributed by atoms with Gasteiger partial charge in [0.1, 0.15) is 12.4 Å². The van der Waals surface area contributed by atoms with Gasteiger partial charge in [0.25, 0.3) is 0 Å². The third kappa shape index (κ3) is 4.05. The van der Waals surface area contributed by atoms with E-state index < -0.39 is 0 Å². The SMILES string of the molecule is OC(c1ccc2c(c1)CN(Cc1cccc3nccnc13)CCO2)C1CCCCC1. The van der Waals surface area contributed by atoms with Crippen molar-refractivity contribution in [2.24, 2.45) is 5.92 Å². The molecule has 5 rings (SSSR count). The normalized spacial score (nSPS) is 19.1. The van der Waals surface area contributed by atoms with Crippen molar-refractivity contribution in [1.82, 2.24) is 14.9 Å². The van der Waals surface area contributed by atoms with Crippen molar-refractivity contribution in [1.29, 1.82) is 0 Å². The van der Waals surface area contributed by atoms with Gasteiger partial charge in [0.15, 0.2) is 0 Å². The first-order valence-corrected chi connectivity index (χ1v) is 11.1. The van der Waals surface area contributed by atoms with E-state index in [1.54, 1.807) is 12.4 Å². The Labute approximate surface area is 177 Å². The van der Waals surface area contributed by atoms with Gasteiger partial charge in [-0.25, -0.2) is 0 Å². The first-order chi connectivity index (χ1) is 14.8. The van der Waals surface area contributed by atoms with Crippen LogP contribution in [0.25, 0.3) is 11.0 Å². The topological polar surface area (TPSA) is 58.5 Å². The van der Waals surface area contributed by atoms with Crippen LogP contribution in [0.15, 0.2) is 48.8 Å². The van der Waals surface area contributed by atoms with Gasteiger partial charge in [0, 0.05) is 37.6 Å². The van der Waals surface area contributed by atoms with Gasteiger partial charge in [-0.2, -0.15) is 0 Å². The van der Waals surface area contributed by atoms with Gasteiger partial charge in [-0.1, -0.05) is 37.5 Å². The van der Waals surface area contributed by atoms with Gasteiger partial charge in [-0.3, -0.25) is 14.9 Å². The molecule has 1 unspecified atom stereocenters. The highest BCUT2D eigenvalue weighted by molar-refractivity contribution is 5.77. The zero-order valence-electron chi connectivity index (χ0n) is 17.3. The summed E-state index contributed by atoms with van der Waals surface area (Å²) in [5, 5.41) is 11.0. The zero-order chi connectivity index (χ0) is 20.3. The van der Waals surface area contributed by atoms with Gasteiger partial charge in [0.2, 0.25) is 0 Å². The van der Waals surface area contributed by atoms with E-state index in [4.69, 9.17) is 4.74 Å². The van der Waals surface area contributed by atoms with Crippen LogP contribution in [0.4, 0.5) is 0 Å². The van der Waals surface area contributed by atoms with Crippen LogP contribution in [0, 0.1) is 5.92 Å². The van der Waals surface area contributed by atoms with Gasteiger partial charge >= 0.3 is 0 Å². The Balaban J connectivity index is 1.37. The summed E-state index contributed by atoms with van der Waals surface area (Å²) in [6.45, 7) is 3.12. The molecule has 1 aromatic heterocycles. The third-order valence-electron chi connectivity index (χ3n) is 6.56. The fourth-order valence-electron chi connectivity index (χ4n) is 4.93. The smallest absolute Gasteiger partial charge is 0.123 e. The number of hydrogen-bond acceptors (Lipinski definition) is 5. The maximum absolute atomic E-state index is 11.0. The fraction of sp³-hybridized carbons (Fsp3) is 0.440. The average molecular weight is 404 g/mol. The van der Waals surface area contributed by atoms with E-state index in [0.717, 1.165) is 60.4 Å². The van der Waals surface area contributed by atoms with Crippen LogP contribution in [0.1, 0.15) is 54.9 Å². The molecule has 1 aliphatic heterocycles. The molecule has 5 heteroatoms. The minimum atomic E-state index is -0.374. The molecule has 156 valence electrons. The van der Waals surface area contributed by atoms with Crippen LogP contribution in [-0.4, -0.2) is 33.1 Å². The molecule has 2 aliphatic rings. The van der Waals surface area contributed by atoms with E-state index in [-0.39, 0.29) is 6.10 Å². The summed E-state index contributed by atoms with van der Waals surface area (Å²) in [5.41, 5.74) is 5.27. The molecule has 3 aromatic rings. The monoisotopic (exact) mass is 403 g/mol. The molecule has 1 N–H and O–H groups in total. The lowest BCUT2D eigenvalue weighted by Crippen LogP contribution is -2.25. The summed E-state index contributed by atoms with van der Waals surface area (Å²) >= 11 is 0. The van der Waals surface area contributed by atoms with E-state index >= 15 is 0 Å². The van der Waals surface area contributed by atoms with Crippen molar-refractivity contribution in [3.8, 4) is 5.75 Å². The number of aliphatic hydroxyl groups excluding tert-OH is 1. The predicted molar refractivity (Wildman–Crippen MR) is 117 cm³/mol. The standard InChI is InChI=1S/C25H29N3O2/c29-25(18-5-2-1-3-6-18)19-9-10-23-21(15-19)17-28(13-14-30-23)16-20-7-4-8-22-24(20)27-12-11-26-22/h4,7-12,15,18,25,29H,1-3,5-6,13-14,16-17H2. The van der Waals surface area contributed by atoms with Crippen molar-refractivity contribution in [3.05, 3.63) is 65.5 Å². The second-order valence-electron chi connectivity index (χ2n) is 8.61. The van der Waals surface area contributed by atoms with Gasteiger partial charge in [-0.05, 0) is 48.1 Å². The Hall–Kier alpha value is -2.50. The minimum absolute atomic E-state index is 0.374. The van der Waals surface area contributed by atoms with E-state index in [1.165, 1.54) is 24.8 Å². The van der Waals surface area contributed by atoms with E-state index in [0.29, 0.717) is 12.5 Å². The van der Waals surface area contributed by atoms with Crippen molar-refractivity contribution in [2.75, 3.05) is 13.2 Å². The lowest BCUT2D eigenvalue weighted by atomic mass is 9.82. The van der Waals surface area contributed by atoms with Crippen LogP contribution in [0.5, 0.6) is 5.75 Å². The quantitative estimate of drug-likeness (QED) is 0.688. The Kier molecular flexibility index (Phi) is 5.65. The summed E-state index contributed by atoms with van der Waals surface area (Å²) in [4.78, 5) is 11.4. The molecule has 30 heavy (non-hydrogen) atoms. The number of ether oxygens (including phenoxy) is 1. The molecule has 0 bridgehead atoms. The average Bonchev–Trinajstić information content (AvgIpc) is 3.00. The summed E-state index contributed by atoms with van der Waals surface area (Å²) in [6, 6.07) is 12.4. The lowest BCUT2D eigenvalue weighted by molar-refractivity contribution is 0.0847. The van der Waals surface area contributed by atoms with Crippen molar-refractivity contribution < 1.29 is 9.84 Å². The highest BCUT2D eigenvalue weighted by atomic mass is 16.5. The number of aromatic nitrogens is 2. The van der Waals surface area contributed by atoms with Crippen LogP contribution < -0.4 is 4.74 Å². The van der Waals surface area contributed by atoms with E-state index in [9.17, 15) is 5.11 Å². The molecule has 2 heterocycles. The molecule has 5 nitrogen and oxygen atoms in total. The molecule has 0 spiro atoms. The first kappa shape index (κ1) is 19.5. The Bertz CT molecular complexity index is 1010. The summed E-state index contributed by atoms with van der Waals surface area (Å²) < 4.78 is 6.03. The van der Waals surface area contributed by atoms with Crippen LogP contribution >= 0.6 is 0 Å². The molecule has 0 radical (unpaired) electrons. The third-order valence-corrected chi connectivity index (χ3v) is 6.56. The fourth-order valence-corrected chi connectivity index (χ4v) is 4.93. The molecule has 0 amide bonds. The van der Waals surface area contributed by atoms with Crippen molar-refractivity contribution in [3.63, 3.8) is 0 Å². The zero-order valence-corrected chi connectivity index (χ0v) is 17.3. The minimum Gasteiger partial charge on any atom is -0.492 e. The van der Waals surface area contributed by atoms with Crippen LogP contribution in [0.3, 0.4) is 0 Å². The van der Waals surface area contributed by atoms with Gasteiger partial charge < -0.3 is 9.84 Å². The van der Waals surface area contributed by atoms with Crippen LogP contribution in [0.2, 0.25) is 0 Å². The highest BCUT2D eigenvalue weighted by Gasteiger charge is 2.25. The number of benzene rings is 2. The Morgan fingerprint density at radius 1 is 1.07 bits per heavy atom. The molecule has 1 saturated carbocycles. The molecule has 2 aromatic carbocycles. The molecule has 1 aliphatic carbocycles. The number of para-hydroxylation sites is 1. The maximum atomic E-state index is 11.0. The lowest BCUT2D eigenvalue weighted by Gasteiger charge is -2.27. The largest absolute Gasteiger partial charge is 0.492 e. The van der Waals surface area contributed by atoms with Gasteiger partial charge in [0.05, 0.1) is 17.1 Å². The Morgan fingerprint density at radius 2 is 1.93 bits per heavy atom. The van der Waals surface area contributed by atoms with Crippen molar-refractivity contribution >= 4 is 11.0 Å². The molecular weight excluding hydrogens is 374 g/mol. The predicted octanol–water partition coefficient (Wildman–Crippen LogP) is 4.64. The molecular formula is C25H29N3O2. The summed E-state index contributed by atoms with van der Waals surface area (Å²) in [7, 11) is 0. The van der Waals surface area contributed by atoms with Gasteiger partial charge in [-0.15, -0.1) is 0 Å². The first-order valence-electron chi connectivity index (χ1n) is 11.1. The number of hydrogen-bond donors (Lipinski definition) is 1. The molecule has 1 fully saturated rings. The number of rotatable bonds is 4. The second kappa shape index (κ2) is 8.70. The Morgan fingerprint density at radius 3 is 2.83 bits per heavy atom. The van der Waals surface area contributed by atoms with E-state index in [1.807, 2.05) is 24.3 Å². The number of fused-ring (bicyclic) bond motifs is 2. The second-order valence-corrected chi connectivity index (χ2v) is 8.61. The summed E-state index contributed by atoms with van der Waals surface area (Å²) in [5.74, 6) is 1.32. The van der Waals surface area contributed by atoms with E-state index in [2.05, 4.69) is 27.0 Å². The summed E-state index contributed by atoms with van der Waals surface area (Å²) in [6.07, 6.45) is 9.14. The van der Waals surface area contributed by atoms with Crippen molar-refractivity contribution in [2.45, 2.75) is 51.3 Å². The van der Waals surface area contributed by atoms with Crippen LogP contribution in [-0.2, 0) is 13.1 Å². The maximum Gasteiger partial charge on any atom is 0.123 e. The highest BCUT2D eigenvalue weighted by Crippen LogP contribution is 2.36. The number of nitrogens with zero attached hydrogens (tertiary/aromatic N) is 3. The molecule has 0 saturated heterocycles.